The summed E-state index contributed by atoms with van der Waals surface area (Å²) in [7, 11) is 10.2. The third-order valence-electron chi connectivity index (χ3n) is 3.44. The van der Waals surface area contributed by atoms with E-state index in [0.717, 1.165) is 12.5 Å². The van der Waals surface area contributed by atoms with Gasteiger partial charge in [-0.3, -0.25) is 0 Å². The molecule has 23 heavy (non-hydrogen) atoms. The van der Waals surface area contributed by atoms with Crippen LogP contribution in [0.25, 0.3) is 0 Å². The van der Waals surface area contributed by atoms with Crippen LogP contribution < -0.4 is 21.8 Å². The standard InChI is InChI=1S/3C6H5.ClH.H4N2P.Rh/c3*1-2-4-6-5-3-1;;1-2-3;/h3*1-5H;1H;1-2H,3H2;/q;;;;-1;+2/p-1. The van der Waals surface area contributed by atoms with Crippen molar-refractivity contribution < 1.29 is 12.8 Å². The van der Waals surface area contributed by atoms with E-state index in [1.54, 1.807) is 0 Å². The van der Waals surface area contributed by atoms with Crippen LogP contribution in [-0.4, -0.2) is 0 Å². The summed E-state index contributed by atoms with van der Waals surface area (Å²) in [4.78, 5) is 0. The van der Waals surface area contributed by atoms with Crippen molar-refractivity contribution in [1.29, 1.82) is 0 Å². The van der Waals surface area contributed by atoms with Crippen molar-refractivity contribution in [2.24, 2.45) is 0 Å². The Kier molecular flexibility index (Phi) is 4.97. The summed E-state index contributed by atoms with van der Waals surface area (Å²) >= 11 is -3.90. The maximum absolute atomic E-state index is 7.66. The molecule has 0 aliphatic heterocycles. The normalized spacial score (nSPS) is 13.2. The van der Waals surface area contributed by atoms with Crippen molar-refractivity contribution in [3.63, 3.8) is 0 Å². The summed E-state index contributed by atoms with van der Waals surface area (Å²) in [5, 5.41) is 3.05. The number of halogens is 1. The first-order valence-corrected chi connectivity index (χ1v) is 13.0. The minimum atomic E-state index is -3.90. The van der Waals surface area contributed by atoms with Gasteiger partial charge in [-0.25, -0.2) is 0 Å². The van der Waals surface area contributed by atoms with E-state index < -0.39 is 12.8 Å². The Labute approximate surface area is 144 Å². The van der Waals surface area contributed by atoms with E-state index in [9.17, 15) is 0 Å². The molecule has 0 fully saturated rings. The van der Waals surface area contributed by atoms with Gasteiger partial charge in [0.05, 0.1) is 0 Å². The average Bonchev–Trinajstić information content (AvgIpc) is 2.64. The topological polar surface area (TPSA) is 24.1 Å². The molecule has 3 aromatic rings. The second-order valence-corrected chi connectivity index (χ2v) is 15.0. The summed E-state index contributed by atoms with van der Waals surface area (Å²) in [5.41, 5.74) is 0. The van der Waals surface area contributed by atoms with Gasteiger partial charge in [0.25, 0.3) is 0 Å². The Hall–Kier alpha value is -1.08. The van der Waals surface area contributed by atoms with E-state index in [1.165, 1.54) is 0 Å². The second-order valence-electron chi connectivity index (χ2n) is 4.79. The Morgan fingerprint density at radius 3 is 1.17 bits per heavy atom. The molecule has 0 aliphatic carbocycles. The van der Waals surface area contributed by atoms with Crippen LogP contribution in [0.2, 0.25) is 0 Å². The average molecular weight is 433 g/mol. The zero-order valence-electron chi connectivity index (χ0n) is 12.4. The number of rotatable bonds is 5. The molecule has 0 aromatic heterocycles. The zero-order chi connectivity index (χ0) is 16.2. The molecule has 0 heterocycles. The van der Waals surface area contributed by atoms with Gasteiger partial charge in [-0.05, 0) is 0 Å². The second kappa shape index (κ2) is 6.81. The molecule has 2 nitrogen and oxygen atoms in total. The van der Waals surface area contributed by atoms with Gasteiger partial charge in [0.15, 0.2) is 0 Å². The predicted octanol–water partition coefficient (Wildman–Crippen LogP) is 2.61. The monoisotopic (exact) mass is 432 g/mol. The molecule has 3 rings (SSSR count). The van der Waals surface area contributed by atoms with Crippen molar-refractivity contribution >= 4 is 31.6 Å². The molecule has 3 aromatic carbocycles. The zero-order valence-corrected chi connectivity index (χ0v) is 16.0. The van der Waals surface area contributed by atoms with E-state index in [2.05, 4.69) is 55.2 Å². The van der Waals surface area contributed by atoms with Gasteiger partial charge in [0.2, 0.25) is 0 Å². The van der Waals surface area contributed by atoms with E-state index in [0.29, 0.717) is 0 Å². The third-order valence-corrected chi connectivity index (χ3v) is 14.9. The van der Waals surface area contributed by atoms with Gasteiger partial charge >= 0.3 is 145 Å². The summed E-state index contributed by atoms with van der Waals surface area (Å²) in [5.74, 6) is 0. The molecule has 1 atom stereocenters. The number of hydrogen-bond donors (Lipinski definition) is 2. The first kappa shape index (κ1) is 16.8. The van der Waals surface area contributed by atoms with Crippen molar-refractivity contribution in [3.8, 4) is 0 Å². The van der Waals surface area contributed by atoms with Crippen LogP contribution in [0.4, 0.5) is 0 Å². The molecule has 122 valence electrons. The molecule has 0 amide bonds. The molecule has 0 radical (unpaired) electrons. The Morgan fingerprint density at radius 2 is 0.913 bits per heavy atom. The quantitative estimate of drug-likeness (QED) is 0.368. The molecular formula is C18H19ClN2PRh. The fraction of sp³-hybridized carbons (Fsp3) is 0. The number of benzene rings is 3. The summed E-state index contributed by atoms with van der Waals surface area (Å²) in [6.07, 6.45) is 0. The molecule has 0 aliphatic rings. The first-order chi connectivity index (χ1) is 11.2. The van der Waals surface area contributed by atoms with E-state index in [-0.39, 0.29) is 0 Å². The summed E-state index contributed by atoms with van der Waals surface area (Å²) in [6.45, 7) is 0. The molecule has 1 unspecified atom stereocenters. The Bertz CT molecular complexity index is 669. The van der Waals surface area contributed by atoms with E-state index >= 15 is 0 Å². The van der Waals surface area contributed by atoms with Gasteiger partial charge in [-0.2, -0.15) is 0 Å². The third kappa shape index (κ3) is 2.78. The van der Waals surface area contributed by atoms with Gasteiger partial charge in [-0.1, -0.05) is 0 Å². The summed E-state index contributed by atoms with van der Waals surface area (Å²) < 4.78 is 6.77. The van der Waals surface area contributed by atoms with Crippen LogP contribution >= 0.6 is 19.1 Å². The van der Waals surface area contributed by atoms with Gasteiger partial charge in [-0.15, -0.1) is 0 Å². The van der Waals surface area contributed by atoms with Gasteiger partial charge in [0, 0.05) is 0 Å². The number of hydrogen-bond acceptors (Lipinski definition) is 2. The SMILES string of the molecule is PN[NH][Rh]([Cl])([c]1ccccc1)([c]1ccccc1)[c]1ccccc1. The van der Waals surface area contributed by atoms with Crippen LogP contribution in [0.15, 0.2) is 91.0 Å². The van der Waals surface area contributed by atoms with Crippen molar-refractivity contribution in [2.75, 3.05) is 0 Å². The van der Waals surface area contributed by atoms with Gasteiger partial charge < -0.3 is 0 Å². The molecule has 2 N–H and O–H groups in total. The van der Waals surface area contributed by atoms with Crippen LogP contribution in [0.1, 0.15) is 0 Å². The van der Waals surface area contributed by atoms with Crippen molar-refractivity contribution in [2.45, 2.75) is 0 Å². The van der Waals surface area contributed by atoms with E-state index in [1.807, 2.05) is 54.6 Å². The van der Waals surface area contributed by atoms with Crippen molar-refractivity contribution in [1.82, 2.24) is 9.36 Å². The molecule has 0 spiro atoms. The molecule has 0 saturated carbocycles. The molecular weight excluding hydrogens is 414 g/mol. The molecule has 0 saturated heterocycles. The first-order valence-electron chi connectivity index (χ1n) is 7.06. The molecule has 0 bridgehead atoms. The molecule has 5 heteroatoms. The number of nitrogens with one attached hydrogen (secondary N) is 2. The number of hydrazine groups is 1. The van der Waals surface area contributed by atoms with E-state index in [4.69, 9.17) is 9.69 Å². The Morgan fingerprint density at radius 1 is 0.609 bits per heavy atom. The predicted molar refractivity (Wildman–Crippen MR) is 100 cm³/mol. The summed E-state index contributed by atoms with van der Waals surface area (Å²) in [6, 6.07) is 30.8. The van der Waals surface area contributed by atoms with Crippen LogP contribution in [0.5, 0.6) is 0 Å². The van der Waals surface area contributed by atoms with Gasteiger partial charge in [0.1, 0.15) is 0 Å². The maximum atomic E-state index is 7.66. The van der Waals surface area contributed by atoms with Crippen LogP contribution in [-0.2, 0) is 12.8 Å². The fourth-order valence-corrected chi connectivity index (χ4v) is 12.4. The van der Waals surface area contributed by atoms with Crippen LogP contribution in [0, 0.1) is 0 Å². The van der Waals surface area contributed by atoms with Crippen molar-refractivity contribution in [3.05, 3.63) is 91.0 Å². The Balaban J connectivity index is 2.41. The fourth-order valence-electron chi connectivity index (χ4n) is 2.41. The van der Waals surface area contributed by atoms with Crippen LogP contribution in [0.3, 0.4) is 0 Å². The minimum absolute atomic E-state index is 1.10.